The number of benzene rings is 2. The smallest absolute Gasteiger partial charge is 0.424 e. The van der Waals surface area contributed by atoms with Crippen molar-refractivity contribution in [3.05, 3.63) is 63.1 Å². The molecule has 1 aromatic heterocycles. The molecule has 0 radical (unpaired) electrons. The Kier molecular flexibility index (Phi) is 4.54. The van der Waals surface area contributed by atoms with Crippen LogP contribution in [0.3, 0.4) is 0 Å². The highest BCUT2D eigenvalue weighted by Gasteiger charge is 2.15. The van der Waals surface area contributed by atoms with Crippen molar-refractivity contribution in [2.45, 2.75) is 13.2 Å². The second-order valence-electron chi connectivity index (χ2n) is 5.51. The van der Waals surface area contributed by atoms with Gasteiger partial charge in [0.05, 0.1) is 19.7 Å². The van der Waals surface area contributed by atoms with E-state index in [4.69, 9.17) is 9.15 Å². The van der Waals surface area contributed by atoms with Gasteiger partial charge in [0.25, 0.3) is 0 Å². The third-order valence-electron chi connectivity index (χ3n) is 3.74. The van der Waals surface area contributed by atoms with E-state index in [9.17, 15) is 4.79 Å². The molecule has 5 nitrogen and oxygen atoms in total. The summed E-state index contributed by atoms with van der Waals surface area (Å²) >= 11 is 3.49. The van der Waals surface area contributed by atoms with Crippen LogP contribution < -0.4 is 15.4 Å². The average Bonchev–Trinajstić information content (AvgIpc) is 2.83. The average molecular weight is 378 g/mol. The number of methoxy groups -OCH3 is 1. The summed E-state index contributed by atoms with van der Waals surface area (Å²) in [5, 5.41) is 0. The topological polar surface area (TPSA) is 48.8 Å². The standard InChI is InChI=1S/C17H17BrN2O3/c1-19(10-12-9-13(18)7-8-15(12)22-2)11-20-14-5-3-4-6-16(14)23-17(20)21/h3-9H,10-11H2,1-2H3/p+1. The molecular weight excluding hydrogens is 360 g/mol. The van der Waals surface area contributed by atoms with E-state index < -0.39 is 0 Å². The van der Waals surface area contributed by atoms with Crippen LogP contribution in [-0.4, -0.2) is 18.7 Å². The summed E-state index contributed by atoms with van der Waals surface area (Å²) < 4.78 is 13.4. The summed E-state index contributed by atoms with van der Waals surface area (Å²) in [7, 11) is 3.70. The fourth-order valence-corrected chi connectivity index (χ4v) is 3.11. The normalized spacial score (nSPS) is 12.5. The highest BCUT2D eigenvalue weighted by molar-refractivity contribution is 9.10. The van der Waals surface area contributed by atoms with Crippen LogP contribution in [0.15, 0.2) is 56.1 Å². The van der Waals surface area contributed by atoms with Gasteiger partial charge < -0.3 is 14.1 Å². The summed E-state index contributed by atoms with van der Waals surface area (Å²) in [6, 6.07) is 13.4. The third kappa shape index (κ3) is 3.33. The second kappa shape index (κ2) is 6.60. The van der Waals surface area contributed by atoms with Crippen molar-refractivity contribution < 1.29 is 14.1 Å². The van der Waals surface area contributed by atoms with Gasteiger partial charge in [-0.05, 0) is 30.3 Å². The minimum atomic E-state index is -0.327. The molecule has 0 aliphatic carbocycles. The van der Waals surface area contributed by atoms with Gasteiger partial charge in [-0.3, -0.25) is 0 Å². The zero-order valence-electron chi connectivity index (χ0n) is 13.0. The second-order valence-corrected chi connectivity index (χ2v) is 6.43. The van der Waals surface area contributed by atoms with Crippen LogP contribution in [-0.2, 0) is 13.2 Å². The van der Waals surface area contributed by atoms with Gasteiger partial charge in [0.15, 0.2) is 12.3 Å². The predicted molar refractivity (Wildman–Crippen MR) is 91.8 cm³/mol. The number of oxazole rings is 1. The molecule has 6 heteroatoms. The molecule has 0 aliphatic heterocycles. The molecule has 1 atom stereocenters. The molecule has 3 rings (SSSR count). The van der Waals surface area contributed by atoms with Gasteiger partial charge in [0.2, 0.25) is 0 Å². The van der Waals surface area contributed by atoms with E-state index in [-0.39, 0.29) is 5.76 Å². The van der Waals surface area contributed by atoms with Gasteiger partial charge in [0, 0.05) is 10.0 Å². The Balaban J connectivity index is 1.84. The maximum Gasteiger partial charge on any atom is 0.424 e. The van der Waals surface area contributed by atoms with Crippen LogP contribution in [0.2, 0.25) is 0 Å². The molecule has 1 unspecified atom stereocenters. The van der Waals surface area contributed by atoms with Crippen LogP contribution >= 0.6 is 15.9 Å². The quantitative estimate of drug-likeness (QED) is 0.739. The van der Waals surface area contributed by atoms with Crippen molar-refractivity contribution in [1.29, 1.82) is 0 Å². The zero-order chi connectivity index (χ0) is 16.4. The fraction of sp³-hybridized carbons (Fsp3) is 0.235. The highest BCUT2D eigenvalue weighted by Crippen LogP contribution is 2.22. The fourth-order valence-electron chi connectivity index (χ4n) is 2.70. The Bertz CT molecular complexity index is 885. The molecule has 0 saturated heterocycles. The number of fused-ring (bicyclic) bond motifs is 1. The minimum Gasteiger partial charge on any atom is -0.496 e. The lowest BCUT2D eigenvalue weighted by Gasteiger charge is -2.16. The number of para-hydroxylation sites is 2. The summed E-state index contributed by atoms with van der Waals surface area (Å²) in [6.45, 7) is 1.25. The molecular formula is C17H18BrN2O3+. The lowest BCUT2D eigenvalue weighted by atomic mass is 10.2. The predicted octanol–water partition coefficient (Wildman–Crippen LogP) is 2.04. The zero-order valence-corrected chi connectivity index (χ0v) is 14.6. The van der Waals surface area contributed by atoms with Crippen molar-refractivity contribution in [3.63, 3.8) is 0 Å². The summed E-state index contributed by atoms with van der Waals surface area (Å²) in [4.78, 5) is 13.2. The van der Waals surface area contributed by atoms with E-state index in [1.165, 1.54) is 0 Å². The van der Waals surface area contributed by atoms with Crippen LogP contribution in [0.25, 0.3) is 11.1 Å². The molecule has 0 bridgehead atoms. The molecule has 0 aliphatic rings. The molecule has 3 aromatic rings. The van der Waals surface area contributed by atoms with E-state index in [2.05, 4.69) is 15.9 Å². The van der Waals surface area contributed by atoms with Gasteiger partial charge in [-0.25, -0.2) is 9.36 Å². The van der Waals surface area contributed by atoms with Crippen molar-refractivity contribution in [2.24, 2.45) is 0 Å². The Morgan fingerprint density at radius 1 is 1.26 bits per heavy atom. The molecule has 2 aromatic carbocycles. The first-order valence-corrected chi connectivity index (χ1v) is 8.10. The van der Waals surface area contributed by atoms with Gasteiger partial charge in [-0.2, -0.15) is 0 Å². The lowest BCUT2D eigenvalue weighted by Crippen LogP contribution is -3.07. The van der Waals surface area contributed by atoms with E-state index in [1.807, 2.05) is 43.4 Å². The Hall–Kier alpha value is -2.05. The van der Waals surface area contributed by atoms with Gasteiger partial charge in [0.1, 0.15) is 12.3 Å². The van der Waals surface area contributed by atoms with Crippen LogP contribution in [0.4, 0.5) is 0 Å². The summed E-state index contributed by atoms with van der Waals surface area (Å²) in [6.07, 6.45) is 0. The van der Waals surface area contributed by atoms with Crippen LogP contribution in [0.1, 0.15) is 5.56 Å². The minimum absolute atomic E-state index is 0.327. The molecule has 120 valence electrons. The van der Waals surface area contributed by atoms with Crippen LogP contribution in [0, 0.1) is 0 Å². The van der Waals surface area contributed by atoms with Crippen LogP contribution in [0.5, 0.6) is 5.75 Å². The van der Waals surface area contributed by atoms with E-state index in [0.717, 1.165) is 32.7 Å². The summed E-state index contributed by atoms with van der Waals surface area (Å²) in [5.41, 5.74) is 2.52. The first-order valence-electron chi connectivity index (χ1n) is 7.30. The van der Waals surface area contributed by atoms with Crippen molar-refractivity contribution in [2.75, 3.05) is 14.2 Å². The first-order chi connectivity index (χ1) is 11.1. The summed E-state index contributed by atoms with van der Waals surface area (Å²) in [5.74, 6) is 0.517. The number of hydrogen-bond donors (Lipinski definition) is 1. The molecule has 1 heterocycles. The number of hydrogen-bond acceptors (Lipinski definition) is 3. The lowest BCUT2D eigenvalue weighted by molar-refractivity contribution is -0.916. The largest absolute Gasteiger partial charge is 0.496 e. The number of aromatic nitrogens is 1. The highest BCUT2D eigenvalue weighted by atomic mass is 79.9. The number of nitrogens with zero attached hydrogens (tertiary/aromatic N) is 1. The number of ether oxygens (including phenoxy) is 1. The molecule has 1 N–H and O–H groups in total. The molecule has 0 saturated carbocycles. The molecule has 0 fully saturated rings. The van der Waals surface area contributed by atoms with E-state index in [0.29, 0.717) is 12.3 Å². The molecule has 23 heavy (non-hydrogen) atoms. The third-order valence-corrected chi connectivity index (χ3v) is 4.23. The first kappa shape index (κ1) is 15.8. The Morgan fingerprint density at radius 3 is 2.83 bits per heavy atom. The van der Waals surface area contributed by atoms with Gasteiger partial charge >= 0.3 is 5.76 Å². The number of quaternary nitrogens is 1. The van der Waals surface area contributed by atoms with Crippen molar-refractivity contribution in [3.8, 4) is 5.75 Å². The van der Waals surface area contributed by atoms with E-state index in [1.54, 1.807) is 17.7 Å². The number of nitrogens with one attached hydrogen (secondary N) is 1. The molecule has 0 amide bonds. The number of halogens is 1. The van der Waals surface area contributed by atoms with Crippen molar-refractivity contribution in [1.82, 2.24) is 4.57 Å². The maximum atomic E-state index is 12.1. The maximum absolute atomic E-state index is 12.1. The van der Waals surface area contributed by atoms with Gasteiger partial charge in [-0.15, -0.1) is 0 Å². The Labute approximate surface area is 142 Å². The SMILES string of the molecule is COc1ccc(Br)cc1C[NH+](C)Cn1c(=O)oc2ccccc21. The number of rotatable bonds is 5. The monoisotopic (exact) mass is 377 g/mol. The molecule has 0 spiro atoms. The van der Waals surface area contributed by atoms with Crippen molar-refractivity contribution >= 4 is 27.0 Å². The Morgan fingerprint density at radius 2 is 2.04 bits per heavy atom. The van der Waals surface area contributed by atoms with Gasteiger partial charge in [-0.1, -0.05) is 28.1 Å². The van der Waals surface area contributed by atoms with E-state index >= 15 is 0 Å².